The van der Waals surface area contributed by atoms with E-state index in [4.69, 9.17) is 4.74 Å². The Balaban J connectivity index is 1.95. The first-order valence-electron chi connectivity index (χ1n) is 7.43. The van der Waals surface area contributed by atoms with Gasteiger partial charge in [-0.2, -0.15) is 0 Å². The maximum atomic E-state index is 6.02. The van der Waals surface area contributed by atoms with E-state index in [1.807, 2.05) is 24.3 Å². The molecule has 3 rings (SSSR count). The Kier molecular flexibility index (Phi) is 3.84. The number of ether oxygens (including phenoxy) is 1. The van der Waals surface area contributed by atoms with Crippen molar-refractivity contribution in [3.63, 3.8) is 0 Å². The van der Waals surface area contributed by atoms with Crippen LogP contribution in [0.1, 0.15) is 6.92 Å². The van der Waals surface area contributed by atoms with Gasteiger partial charge in [0, 0.05) is 13.1 Å². The van der Waals surface area contributed by atoms with E-state index in [0.717, 1.165) is 36.0 Å². The molecule has 1 unspecified atom stereocenters. The highest BCUT2D eigenvalue weighted by Crippen LogP contribution is 2.46. The van der Waals surface area contributed by atoms with E-state index >= 15 is 0 Å². The Morgan fingerprint density at radius 3 is 2.00 bits per heavy atom. The standard InChI is InChI=1S/C18H22N2O/c1-14(12-19(2)3)13-20-15-8-4-6-10-17(15)21-18-11-7-5-9-16(18)20/h4-11,14H,12-13H2,1-3H3. The van der Waals surface area contributed by atoms with Gasteiger partial charge < -0.3 is 14.5 Å². The molecule has 0 N–H and O–H groups in total. The minimum absolute atomic E-state index is 0.569. The third-order valence-electron chi connectivity index (χ3n) is 3.70. The topological polar surface area (TPSA) is 15.7 Å². The third kappa shape index (κ3) is 2.88. The van der Waals surface area contributed by atoms with Gasteiger partial charge in [0.15, 0.2) is 11.5 Å². The maximum absolute atomic E-state index is 6.02. The lowest BCUT2D eigenvalue weighted by Crippen LogP contribution is -2.31. The lowest BCUT2D eigenvalue weighted by molar-refractivity contribution is 0.341. The van der Waals surface area contributed by atoms with Gasteiger partial charge in [-0.05, 0) is 44.3 Å². The van der Waals surface area contributed by atoms with Crippen LogP contribution < -0.4 is 9.64 Å². The smallest absolute Gasteiger partial charge is 0.151 e. The van der Waals surface area contributed by atoms with E-state index in [-0.39, 0.29) is 0 Å². The van der Waals surface area contributed by atoms with Crippen molar-refractivity contribution in [2.45, 2.75) is 6.92 Å². The zero-order valence-electron chi connectivity index (χ0n) is 12.9. The van der Waals surface area contributed by atoms with Crippen LogP contribution in [0.25, 0.3) is 0 Å². The number of benzene rings is 2. The fourth-order valence-electron chi connectivity index (χ4n) is 2.97. The molecule has 110 valence electrons. The maximum Gasteiger partial charge on any atom is 0.151 e. The molecule has 0 amide bonds. The second kappa shape index (κ2) is 5.78. The highest BCUT2D eigenvalue weighted by atomic mass is 16.5. The molecule has 0 aliphatic carbocycles. The molecular formula is C18H22N2O. The molecule has 0 saturated heterocycles. The van der Waals surface area contributed by atoms with Crippen molar-refractivity contribution in [2.24, 2.45) is 5.92 Å². The molecule has 0 saturated carbocycles. The van der Waals surface area contributed by atoms with Crippen molar-refractivity contribution in [1.82, 2.24) is 4.90 Å². The SMILES string of the molecule is CC(CN(C)C)CN1c2ccccc2Oc2ccccc21. The van der Waals surface area contributed by atoms with Crippen molar-refractivity contribution in [3.8, 4) is 11.5 Å². The number of anilines is 2. The Morgan fingerprint density at radius 2 is 1.48 bits per heavy atom. The molecule has 1 aliphatic rings. The van der Waals surface area contributed by atoms with Crippen LogP contribution in [0.15, 0.2) is 48.5 Å². The number of rotatable bonds is 4. The Labute approximate surface area is 126 Å². The Bertz CT molecular complexity index is 579. The van der Waals surface area contributed by atoms with E-state index < -0.39 is 0 Å². The highest BCUT2D eigenvalue weighted by molar-refractivity contribution is 5.77. The summed E-state index contributed by atoms with van der Waals surface area (Å²) in [5.41, 5.74) is 2.31. The number of hydrogen-bond donors (Lipinski definition) is 0. The van der Waals surface area contributed by atoms with E-state index in [9.17, 15) is 0 Å². The molecule has 0 radical (unpaired) electrons. The zero-order valence-corrected chi connectivity index (χ0v) is 12.9. The van der Waals surface area contributed by atoms with Crippen LogP contribution in [0, 0.1) is 5.92 Å². The van der Waals surface area contributed by atoms with Crippen LogP contribution in [-0.4, -0.2) is 32.1 Å². The molecule has 3 heteroatoms. The minimum atomic E-state index is 0.569. The molecule has 1 aliphatic heterocycles. The first-order chi connectivity index (χ1) is 10.1. The van der Waals surface area contributed by atoms with Gasteiger partial charge in [0.25, 0.3) is 0 Å². The largest absolute Gasteiger partial charge is 0.453 e. The molecular weight excluding hydrogens is 260 g/mol. The van der Waals surface area contributed by atoms with Crippen LogP contribution in [0.3, 0.4) is 0 Å². The van der Waals surface area contributed by atoms with Gasteiger partial charge in [0.2, 0.25) is 0 Å². The quantitative estimate of drug-likeness (QED) is 0.838. The van der Waals surface area contributed by atoms with Crippen molar-refractivity contribution in [1.29, 1.82) is 0 Å². The summed E-state index contributed by atoms with van der Waals surface area (Å²) in [6, 6.07) is 16.5. The normalized spacial score (nSPS) is 14.4. The molecule has 3 nitrogen and oxygen atoms in total. The van der Waals surface area contributed by atoms with Crippen LogP contribution >= 0.6 is 0 Å². The molecule has 0 bridgehead atoms. The summed E-state index contributed by atoms with van der Waals surface area (Å²) in [4.78, 5) is 4.62. The van der Waals surface area contributed by atoms with Gasteiger partial charge in [0.05, 0.1) is 11.4 Å². The predicted octanol–water partition coefficient (Wildman–Crippen LogP) is 4.13. The van der Waals surface area contributed by atoms with Crippen molar-refractivity contribution >= 4 is 11.4 Å². The van der Waals surface area contributed by atoms with E-state index in [0.29, 0.717) is 5.92 Å². The predicted molar refractivity (Wildman–Crippen MR) is 87.7 cm³/mol. The molecule has 1 atom stereocenters. The summed E-state index contributed by atoms with van der Waals surface area (Å²) in [6.07, 6.45) is 0. The molecule has 0 aromatic heterocycles. The number of para-hydroxylation sites is 4. The van der Waals surface area contributed by atoms with Crippen molar-refractivity contribution in [2.75, 3.05) is 32.1 Å². The Hall–Kier alpha value is -2.00. The molecule has 2 aromatic carbocycles. The summed E-state index contributed by atoms with van der Waals surface area (Å²) < 4.78 is 6.02. The van der Waals surface area contributed by atoms with Crippen LogP contribution in [0.5, 0.6) is 11.5 Å². The van der Waals surface area contributed by atoms with Gasteiger partial charge in [-0.3, -0.25) is 0 Å². The summed E-state index contributed by atoms with van der Waals surface area (Å²) in [7, 11) is 4.25. The second-order valence-corrected chi connectivity index (χ2v) is 6.02. The molecule has 21 heavy (non-hydrogen) atoms. The zero-order chi connectivity index (χ0) is 14.8. The minimum Gasteiger partial charge on any atom is -0.453 e. The molecule has 1 heterocycles. The van der Waals surface area contributed by atoms with Gasteiger partial charge in [-0.1, -0.05) is 31.2 Å². The van der Waals surface area contributed by atoms with E-state index in [2.05, 4.69) is 55.1 Å². The monoisotopic (exact) mass is 282 g/mol. The number of nitrogens with zero attached hydrogens (tertiary/aromatic N) is 2. The Morgan fingerprint density at radius 1 is 0.952 bits per heavy atom. The molecule has 2 aromatic rings. The fourth-order valence-corrected chi connectivity index (χ4v) is 2.97. The average molecular weight is 282 g/mol. The van der Waals surface area contributed by atoms with Crippen LogP contribution in [0.4, 0.5) is 11.4 Å². The molecule has 0 spiro atoms. The van der Waals surface area contributed by atoms with Crippen LogP contribution in [0.2, 0.25) is 0 Å². The molecule has 0 fully saturated rings. The lowest BCUT2D eigenvalue weighted by atomic mass is 10.1. The number of fused-ring (bicyclic) bond motifs is 2. The fraction of sp³-hybridized carbons (Fsp3) is 0.333. The third-order valence-corrected chi connectivity index (χ3v) is 3.70. The summed E-state index contributed by atoms with van der Waals surface area (Å²) >= 11 is 0. The first-order valence-corrected chi connectivity index (χ1v) is 7.43. The van der Waals surface area contributed by atoms with E-state index in [1.54, 1.807) is 0 Å². The van der Waals surface area contributed by atoms with E-state index in [1.165, 1.54) is 0 Å². The summed E-state index contributed by atoms with van der Waals surface area (Å²) in [6.45, 7) is 4.35. The summed E-state index contributed by atoms with van der Waals surface area (Å²) in [5.74, 6) is 2.45. The average Bonchev–Trinajstić information content (AvgIpc) is 2.46. The van der Waals surface area contributed by atoms with Gasteiger partial charge in [-0.25, -0.2) is 0 Å². The number of hydrogen-bond acceptors (Lipinski definition) is 3. The highest BCUT2D eigenvalue weighted by Gasteiger charge is 2.24. The first kappa shape index (κ1) is 14.0. The summed E-state index contributed by atoms with van der Waals surface area (Å²) in [5, 5.41) is 0. The second-order valence-electron chi connectivity index (χ2n) is 6.02. The van der Waals surface area contributed by atoms with Gasteiger partial charge in [-0.15, -0.1) is 0 Å². The van der Waals surface area contributed by atoms with Crippen molar-refractivity contribution < 1.29 is 4.74 Å². The van der Waals surface area contributed by atoms with Gasteiger partial charge >= 0.3 is 0 Å². The lowest BCUT2D eigenvalue weighted by Gasteiger charge is -2.34. The van der Waals surface area contributed by atoms with Crippen LogP contribution in [-0.2, 0) is 0 Å². The van der Waals surface area contributed by atoms with Gasteiger partial charge in [0.1, 0.15) is 0 Å². The van der Waals surface area contributed by atoms with Crippen molar-refractivity contribution in [3.05, 3.63) is 48.5 Å².